The topological polar surface area (TPSA) is 49.4 Å². The Morgan fingerprint density at radius 1 is 1.32 bits per heavy atom. The van der Waals surface area contributed by atoms with Gasteiger partial charge in [-0.3, -0.25) is 4.90 Å². The number of nitrogens with zero attached hydrogens (tertiary/aromatic N) is 1. The van der Waals surface area contributed by atoms with Crippen LogP contribution in [0.3, 0.4) is 0 Å². The predicted octanol–water partition coefficient (Wildman–Crippen LogP) is 0.548. The van der Waals surface area contributed by atoms with Gasteiger partial charge in [-0.1, -0.05) is 30.3 Å². The maximum Gasteiger partial charge on any atom is 0.148 e. The van der Waals surface area contributed by atoms with Gasteiger partial charge < -0.3 is 5.32 Å². The van der Waals surface area contributed by atoms with E-state index in [1.807, 2.05) is 18.2 Å². The molecular weight excluding hydrogens is 260 g/mol. The molecule has 1 atom stereocenters. The maximum atomic E-state index is 11.3. The predicted molar refractivity (Wildman–Crippen MR) is 78.1 cm³/mol. The first-order chi connectivity index (χ1) is 9.04. The van der Waals surface area contributed by atoms with Crippen LogP contribution in [0, 0.1) is 0 Å². The van der Waals surface area contributed by atoms with Crippen LogP contribution in [0.15, 0.2) is 30.3 Å². The van der Waals surface area contributed by atoms with Crippen molar-refractivity contribution in [2.75, 3.05) is 38.2 Å². The summed E-state index contributed by atoms with van der Waals surface area (Å²) < 4.78 is 22.6. The highest BCUT2D eigenvalue weighted by Crippen LogP contribution is 2.11. The van der Waals surface area contributed by atoms with Crippen molar-refractivity contribution in [3.8, 4) is 0 Å². The number of nitrogens with one attached hydrogen (secondary N) is 1. The standard InChI is InChI=1S/C14H22N2O2S/c1-19(17,18)10-9-16-8-7-15-12-14(16)11-13-5-3-2-4-6-13/h2-6,14-15H,7-12H2,1H3. The number of hydrogen-bond acceptors (Lipinski definition) is 4. The molecule has 1 aromatic carbocycles. The molecule has 0 amide bonds. The van der Waals surface area contributed by atoms with Crippen LogP contribution in [-0.2, 0) is 16.3 Å². The highest BCUT2D eigenvalue weighted by molar-refractivity contribution is 7.90. The molecule has 1 saturated heterocycles. The molecule has 5 heteroatoms. The molecule has 1 aliphatic rings. The van der Waals surface area contributed by atoms with Gasteiger partial charge in [0.1, 0.15) is 9.84 Å². The molecule has 4 nitrogen and oxygen atoms in total. The van der Waals surface area contributed by atoms with E-state index in [4.69, 9.17) is 0 Å². The third-order valence-corrected chi connectivity index (χ3v) is 4.46. The van der Waals surface area contributed by atoms with Crippen molar-refractivity contribution < 1.29 is 8.42 Å². The summed E-state index contributed by atoms with van der Waals surface area (Å²) in [6.45, 7) is 3.43. The molecule has 0 radical (unpaired) electrons. The van der Waals surface area contributed by atoms with Crippen molar-refractivity contribution in [1.82, 2.24) is 10.2 Å². The third-order valence-electron chi connectivity index (χ3n) is 3.54. The highest BCUT2D eigenvalue weighted by Gasteiger charge is 2.22. The van der Waals surface area contributed by atoms with Gasteiger partial charge in [-0.25, -0.2) is 8.42 Å². The summed E-state index contributed by atoms with van der Waals surface area (Å²) in [5.74, 6) is 0.248. The molecular formula is C14H22N2O2S. The normalized spacial score (nSPS) is 21.4. The molecule has 0 spiro atoms. The molecule has 1 N–H and O–H groups in total. The molecule has 106 valence electrons. The molecule has 1 aromatic rings. The van der Waals surface area contributed by atoms with Crippen molar-refractivity contribution in [3.63, 3.8) is 0 Å². The molecule has 1 unspecified atom stereocenters. The molecule has 0 aliphatic carbocycles. The lowest BCUT2D eigenvalue weighted by atomic mass is 10.0. The van der Waals surface area contributed by atoms with Crippen LogP contribution < -0.4 is 5.32 Å². The molecule has 1 fully saturated rings. The summed E-state index contributed by atoms with van der Waals surface area (Å²) in [4.78, 5) is 2.30. The second kappa shape index (κ2) is 6.50. The van der Waals surface area contributed by atoms with Crippen LogP contribution in [0.25, 0.3) is 0 Å². The van der Waals surface area contributed by atoms with E-state index in [1.165, 1.54) is 11.8 Å². The Morgan fingerprint density at radius 2 is 2.05 bits per heavy atom. The minimum atomic E-state index is -2.88. The van der Waals surface area contributed by atoms with Gasteiger partial charge in [0, 0.05) is 38.5 Å². The Kier molecular flexibility index (Phi) is 4.96. The van der Waals surface area contributed by atoms with E-state index in [0.29, 0.717) is 12.6 Å². The Bertz CT molecular complexity index is 487. The minimum absolute atomic E-state index is 0.248. The zero-order valence-electron chi connectivity index (χ0n) is 11.4. The number of benzene rings is 1. The van der Waals surface area contributed by atoms with Crippen LogP contribution in [0.1, 0.15) is 5.56 Å². The van der Waals surface area contributed by atoms with E-state index in [1.54, 1.807) is 0 Å². The first kappa shape index (κ1) is 14.5. The fraction of sp³-hybridized carbons (Fsp3) is 0.571. The smallest absolute Gasteiger partial charge is 0.148 e. The molecule has 1 aliphatic heterocycles. The summed E-state index contributed by atoms with van der Waals surface area (Å²) in [7, 11) is -2.88. The first-order valence-electron chi connectivity index (χ1n) is 6.71. The monoisotopic (exact) mass is 282 g/mol. The largest absolute Gasteiger partial charge is 0.314 e. The van der Waals surface area contributed by atoms with E-state index < -0.39 is 9.84 Å². The number of hydrogen-bond donors (Lipinski definition) is 1. The van der Waals surface area contributed by atoms with Gasteiger partial charge in [0.2, 0.25) is 0 Å². The molecule has 0 aromatic heterocycles. The van der Waals surface area contributed by atoms with Gasteiger partial charge in [-0.05, 0) is 12.0 Å². The quantitative estimate of drug-likeness (QED) is 0.857. The first-order valence-corrected chi connectivity index (χ1v) is 8.77. The SMILES string of the molecule is CS(=O)(=O)CCN1CCNCC1Cc1ccccc1. The van der Waals surface area contributed by atoms with E-state index in [2.05, 4.69) is 22.3 Å². The van der Waals surface area contributed by atoms with Crippen molar-refractivity contribution in [2.24, 2.45) is 0 Å². The average Bonchev–Trinajstić information content (AvgIpc) is 2.38. The number of sulfone groups is 1. The summed E-state index contributed by atoms with van der Waals surface area (Å²) in [5, 5.41) is 3.39. The lowest BCUT2D eigenvalue weighted by Crippen LogP contribution is -2.53. The second-order valence-electron chi connectivity index (χ2n) is 5.21. The van der Waals surface area contributed by atoms with Crippen LogP contribution in [0.5, 0.6) is 0 Å². The van der Waals surface area contributed by atoms with E-state index in [-0.39, 0.29) is 5.75 Å². The van der Waals surface area contributed by atoms with Gasteiger partial charge >= 0.3 is 0 Å². The van der Waals surface area contributed by atoms with Gasteiger partial charge in [0.05, 0.1) is 5.75 Å². The zero-order valence-corrected chi connectivity index (χ0v) is 12.2. The zero-order chi connectivity index (χ0) is 13.7. The van der Waals surface area contributed by atoms with Crippen LogP contribution in [-0.4, -0.2) is 57.5 Å². The second-order valence-corrected chi connectivity index (χ2v) is 7.47. The fourth-order valence-electron chi connectivity index (χ4n) is 2.47. The lowest BCUT2D eigenvalue weighted by molar-refractivity contribution is 0.170. The van der Waals surface area contributed by atoms with Gasteiger partial charge in [-0.2, -0.15) is 0 Å². The Labute approximate surface area is 115 Å². The molecule has 1 heterocycles. The van der Waals surface area contributed by atoms with Crippen LogP contribution in [0.2, 0.25) is 0 Å². The van der Waals surface area contributed by atoms with Gasteiger partial charge in [-0.15, -0.1) is 0 Å². The van der Waals surface area contributed by atoms with Crippen LogP contribution >= 0.6 is 0 Å². The number of piperazine rings is 1. The Balaban J connectivity index is 1.96. The average molecular weight is 282 g/mol. The van der Waals surface area contributed by atoms with Crippen LogP contribution in [0.4, 0.5) is 0 Å². The van der Waals surface area contributed by atoms with Crippen molar-refractivity contribution in [2.45, 2.75) is 12.5 Å². The van der Waals surface area contributed by atoms with Crippen molar-refractivity contribution >= 4 is 9.84 Å². The summed E-state index contributed by atoms with van der Waals surface area (Å²) in [5.41, 5.74) is 1.31. The Hall–Kier alpha value is -0.910. The fourth-order valence-corrected chi connectivity index (χ4v) is 3.03. The van der Waals surface area contributed by atoms with E-state index >= 15 is 0 Å². The van der Waals surface area contributed by atoms with Crippen molar-refractivity contribution in [1.29, 1.82) is 0 Å². The van der Waals surface area contributed by atoms with E-state index in [0.717, 1.165) is 26.1 Å². The highest BCUT2D eigenvalue weighted by atomic mass is 32.2. The van der Waals surface area contributed by atoms with E-state index in [9.17, 15) is 8.42 Å². The third kappa shape index (κ3) is 4.93. The summed E-state index contributed by atoms with van der Waals surface area (Å²) >= 11 is 0. The molecule has 0 bridgehead atoms. The summed E-state index contributed by atoms with van der Waals surface area (Å²) in [6, 6.07) is 10.8. The summed E-state index contributed by atoms with van der Waals surface area (Å²) in [6.07, 6.45) is 2.28. The minimum Gasteiger partial charge on any atom is -0.314 e. The lowest BCUT2D eigenvalue weighted by Gasteiger charge is -2.36. The van der Waals surface area contributed by atoms with Gasteiger partial charge in [0.15, 0.2) is 0 Å². The number of rotatable bonds is 5. The van der Waals surface area contributed by atoms with Crippen molar-refractivity contribution in [3.05, 3.63) is 35.9 Å². The van der Waals surface area contributed by atoms with Gasteiger partial charge in [0.25, 0.3) is 0 Å². The maximum absolute atomic E-state index is 11.3. The Morgan fingerprint density at radius 3 is 2.74 bits per heavy atom. The molecule has 19 heavy (non-hydrogen) atoms. The molecule has 0 saturated carbocycles. The molecule has 2 rings (SSSR count).